The van der Waals surface area contributed by atoms with Crippen molar-refractivity contribution in [2.45, 2.75) is 19.5 Å². The third kappa shape index (κ3) is 5.53. The summed E-state index contributed by atoms with van der Waals surface area (Å²) in [6, 6.07) is 12.3. The maximum absolute atomic E-state index is 6.13. The lowest BCUT2D eigenvalue weighted by atomic mass is 10.2. The maximum atomic E-state index is 6.13. The van der Waals surface area contributed by atoms with Crippen molar-refractivity contribution in [2.24, 2.45) is 5.73 Å². The molecule has 4 nitrogen and oxygen atoms in total. The first kappa shape index (κ1) is 15.5. The predicted octanol–water partition coefficient (Wildman–Crippen LogP) is 2.23. The molecule has 1 atom stereocenters. The van der Waals surface area contributed by atoms with Gasteiger partial charge in [0.25, 0.3) is 0 Å². The molecule has 2 N–H and O–H groups in total. The highest BCUT2D eigenvalue weighted by Gasteiger charge is 2.08. The van der Waals surface area contributed by atoms with Crippen molar-refractivity contribution in [3.8, 4) is 5.75 Å². The Kier molecular flexibility index (Phi) is 5.72. The zero-order chi connectivity index (χ0) is 15.1. The number of ether oxygens (including phenoxy) is 1. The van der Waals surface area contributed by atoms with Crippen LogP contribution in [-0.2, 0) is 6.54 Å². The van der Waals surface area contributed by atoms with E-state index in [2.05, 4.69) is 41.2 Å². The van der Waals surface area contributed by atoms with Gasteiger partial charge in [0.05, 0.1) is 12.2 Å². The number of pyridine rings is 1. The van der Waals surface area contributed by atoms with Gasteiger partial charge in [0.2, 0.25) is 0 Å². The molecule has 0 fully saturated rings. The Morgan fingerprint density at radius 1 is 1.24 bits per heavy atom. The minimum absolute atomic E-state index is 0.0285. The Balaban J connectivity index is 1.75. The molecule has 4 heteroatoms. The summed E-state index contributed by atoms with van der Waals surface area (Å²) in [7, 11) is 2.07. The number of aryl methyl sites for hydroxylation is 1. The molecule has 0 saturated carbocycles. The average molecular weight is 285 g/mol. The van der Waals surface area contributed by atoms with Crippen molar-refractivity contribution in [3.63, 3.8) is 0 Å². The highest BCUT2D eigenvalue weighted by Crippen LogP contribution is 2.10. The second-order valence-corrected chi connectivity index (χ2v) is 5.45. The average Bonchev–Trinajstić information content (AvgIpc) is 2.46. The van der Waals surface area contributed by atoms with Crippen molar-refractivity contribution in [2.75, 3.05) is 20.2 Å². The van der Waals surface area contributed by atoms with Crippen LogP contribution in [0.5, 0.6) is 5.75 Å². The van der Waals surface area contributed by atoms with Crippen molar-refractivity contribution in [1.29, 1.82) is 0 Å². The van der Waals surface area contributed by atoms with E-state index >= 15 is 0 Å². The highest BCUT2D eigenvalue weighted by molar-refractivity contribution is 5.22. The van der Waals surface area contributed by atoms with Gasteiger partial charge in [0.1, 0.15) is 12.4 Å². The van der Waals surface area contributed by atoms with Gasteiger partial charge in [0, 0.05) is 19.3 Å². The number of hydrogen-bond donors (Lipinski definition) is 1. The summed E-state index contributed by atoms with van der Waals surface area (Å²) in [4.78, 5) is 6.31. The van der Waals surface area contributed by atoms with Crippen LogP contribution in [0.1, 0.15) is 11.1 Å². The first-order chi connectivity index (χ1) is 10.1. The van der Waals surface area contributed by atoms with Crippen LogP contribution in [0.15, 0.2) is 48.8 Å². The molecule has 112 valence electrons. The summed E-state index contributed by atoms with van der Waals surface area (Å²) in [6.45, 7) is 4.16. The van der Waals surface area contributed by atoms with Gasteiger partial charge < -0.3 is 15.4 Å². The molecule has 0 radical (unpaired) electrons. The molecule has 1 aromatic heterocycles. The van der Waals surface area contributed by atoms with Crippen LogP contribution in [0.4, 0.5) is 0 Å². The third-order valence-corrected chi connectivity index (χ3v) is 3.16. The van der Waals surface area contributed by atoms with Gasteiger partial charge in [-0.1, -0.05) is 30.3 Å². The van der Waals surface area contributed by atoms with Crippen LogP contribution in [0, 0.1) is 6.92 Å². The maximum Gasteiger partial charge on any atom is 0.137 e. The van der Waals surface area contributed by atoms with Crippen LogP contribution in [0.25, 0.3) is 0 Å². The Hall–Kier alpha value is -1.91. The fraction of sp³-hybridized carbons (Fsp3) is 0.353. The highest BCUT2D eigenvalue weighted by atomic mass is 16.5. The zero-order valence-electron chi connectivity index (χ0n) is 12.7. The normalized spacial score (nSPS) is 12.4. The van der Waals surface area contributed by atoms with Gasteiger partial charge in [-0.2, -0.15) is 0 Å². The first-order valence-electron chi connectivity index (χ1n) is 7.16. The fourth-order valence-electron chi connectivity index (χ4n) is 2.22. The quantitative estimate of drug-likeness (QED) is 0.847. The zero-order valence-corrected chi connectivity index (χ0v) is 12.7. The molecular weight excluding hydrogens is 262 g/mol. The molecule has 1 unspecified atom stereocenters. The molecule has 1 heterocycles. The van der Waals surface area contributed by atoms with Crippen LogP contribution in [-0.4, -0.2) is 36.1 Å². The van der Waals surface area contributed by atoms with Crippen molar-refractivity contribution in [1.82, 2.24) is 9.88 Å². The lowest BCUT2D eigenvalue weighted by molar-refractivity contribution is 0.232. The lowest BCUT2D eigenvalue weighted by Gasteiger charge is -2.21. The van der Waals surface area contributed by atoms with E-state index in [9.17, 15) is 0 Å². The minimum Gasteiger partial charge on any atom is -0.490 e. The van der Waals surface area contributed by atoms with Crippen LogP contribution < -0.4 is 10.5 Å². The number of nitrogens with zero attached hydrogens (tertiary/aromatic N) is 2. The molecule has 0 aliphatic heterocycles. The molecule has 0 saturated heterocycles. The summed E-state index contributed by atoms with van der Waals surface area (Å²) < 4.78 is 5.69. The van der Waals surface area contributed by atoms with E-state index in [1.165, 1.54) is 5.56 Å². The topological polar surface area (TPSA) is 51.4 Å². The van der Waals surface area contributed by atoms with E-state index in [4.69, 9.17) is 10.5 Å². The van der Waals surface area contributed by atoms with E-state index in [0.29, 0.717) is 6.61 Å². The Labute approximate surface area is 126 Å². The molecule has 2 rings (SSSR count). The number of rotatable bonds is 7. The first-order valence-corrected chi connectivity index (χ1v) is 7.16. The predicted molar refractivity (Wildman–Crippen MR) is 85.2 cm³/mol. The van der Waals surface area contributed by atoms with Crippen molar-refractivity contribution in [3.05, 3.63) is 59.9 Å². The molecule has 2 aromatic rings. The van der Waals surface area contributed by atoms with Gasteiger partial charge in [-0.05, 0) is 31.2 Å². The van der Waals surface area contributed by atoms with Crippen LogP contribution >= 0.6 is 0 Å². The van der Waals surface area contributed by atoms with Gasteiger partial charge in [-0.25, -0.2) is 0 Å². The van der Waals surface area contributed by atoms with E-state index < -0.39 is 0 Å². The molecule has 0 bridgehead atoms. The minimum atomic E-state index is -0.0285. The second kappa shape index (κ2) is 7.76. The number of hydrogen-bond acceptors (Lipinski definition) is 4. The summed E-state index contributed by atoms with van der Waals surface area (Å²) in [6.07, 6.45) is 3.52. The smallest absolute Gasteiger partial charge is 0.137 e. The molecule has 0 spiro atoms. The summed E-state index contributed by atoms with van der Waals surface area (Å²) in [5, 5.41) is 0. The standard InChI is InChI=1S/C17H23N3O/c1-14-8-17(10-19-9-14)21-13-16(18)12-20(2)11-15-6-4-3-5-7-15/h3-10,16H,11-13,18H2,1-2H3. The number of aromatic nitrogens is 1. The van der Waals surface area contributed by atoms with Gasteiger partial charge >= 0.3 is 0 Å². The Bertz CT molecular complexity index is 545. The summed E-state index contributed by atoms with van der Waals surface area (Å²) in [5.74, 6) is 0.774. The van der Waals surface area contributed by atoms with E-state index in [0.717, 1.165) is 24.4 Å². The van der Waals surface area contributed by atoms with Gasteiger partial charge in [-0.3, -0.25) is 4.98 Å². The molecule has 0 aliphatic rings. The molecular formula is C17H23N3O. The van der Waals surface area contributed by atoms with Crippen molar-refractivity contribution < 1.29 is 4.74 Å². The second-order valence-electron chi connectivity index (χ2n) is 5.45. The van der Waals surface area contributed by atoms with Crippen molar-refractivity contribution >= 4 is 0 Å². The van der Waals surface area contributed by atoms with E-state index in [1.807, 2.05) is 19.1 Å². The molecule has 0 amide bonds. The van der Waals surface area contributed by atoms with Gasteiger partial charge in [0.15, 0.2) is 0 Å². The molecule has 21 heavy (non-hydrogen) atoms. The van der Waals surface area contributed by atoms with Crippen LogP contribution in [0.2, 0.25) is 0 Å². The summed E-state index contributed by atoms with van der Waals surface area (Å²) in [5.41, 5.74) is 8.50. The van der Waals surface area contributed by atoms with Crippen LogP contribution in [0.3, 0.4) is 0 Å². The monoisotopic (exact) mass is 285 g/mol. The number of nitrogens with two attached hydrogens (primary N) is 1. The summed E-state index contributed by atoms with van der Waals surface area (Å²) >= 11 is 0. The third-order valence-electron chi connectivity index (χ3n) is 3.16. The lowest BCUT2D eigenvalue weighted by Crippen LogP contribution is -2.39. The van der Waals surface area contributed by atoms with E-state index in [1.54, 1.807) is 12.4 Å². The van der Waals surface area contributed by atoms with E-state index in [-0.39, 0.29) is 6.04 Å². The van der Waals surface area contributed by atoms with Gasteiger partial charge in [-0.15, -0.1) is 0 Å². The largest absolute Gasteiger partial charge is 0.490 e. The molecule has 0 aliphatic carbocycles. The Morgan fingerprint density at radius 3 is 2.71 bits per heavy atom. The Morgan fingerprint density at radius 2 is 2.00 bits per heavy atom. The molecule has 1 aromatic carbocycles. The SMILES string of the molecule is Cc1cncc(OCC(N)CN(C)Cc2ccccc2)c1. The fourth-order valence-corrected chi connectivity index (χ4v) is 2.22. The number of benzene rings is 1. The number of likely N-dealkylation sites (N-methyl/N-ethyl adjacent to an activating group) is 1.